The van der Waals surface area contributed by atoms with Gasteiger partial charge < -0.3 is 14.7 Å². The molecule has 8 nitrogen and oxygen atoms in total. The Balaban J connectivity index is 1.83. The molecule has 1 aliphatic heterocycles. The third-order valence-electron chi connectivity index (χ3n) is 4.97. The molecule has 0 aromatic heterocycles. The first kappa shape index (κ1) is 21.8. The van der Waals surface area contributed by atoms with Crippen LogP contribution < -0.4 is 9.64 Å². The molecule has 1 aliphatic rings. The van der Waals surface area contributed by atoms with Crippen LogP contribution in [0.15, 0.2) is 66.7 Å². The van der Waals surface area contributed by atoms with Crippen molar-refractivity contribution >= 4 is 29.4 Å². The summed E-state index contributed by atoms with van der Waals surface area (Å²) in [5.74, 6) is -2.15. The summed E-state index contributed by atoms with van der Waals surface area (Å²) >= 11 is 0. The normalized spacial score (nSPS) is 16.0. The molecule has 3 amide bonds. The Labute approximate surface area is 179 Å². The quantitative estimate of drug-likeness (QED) is 0.516. The summed E-state index contributed by atoms with van der Waals surface area (Å²) < 4.78 is 5.13. The monoisotopic (exact) mass is 422 g/mol. The van der Waals surface area contributed by atoms with E-state index in [9.17, 15) is 19.2 Å². The lowest BCUT2D eigenvalue weighted by Gasteiger charge is -2.26. The van der Waals surface area contributed by atoms with Gasteiger partial charge in [0.1, 0.15) is 11.8 Å². The van der Waals surface area contributed by atoms with Gasteiger partial charge in [0.05, 0.1) is 19.2 Å². The zero-order valence-electron chi connectivity index (χ0n) is 16.9. The van der Waals surface area contributed by atoms with Crippen molar-refractivity contribution in [3.8, 4) is 5.75 Å². The first-order chi connectivity index (χ1) is 14.9. The van der Waals surface area contributed by atoms with Crippen LogP contribution in [0.5, 0.6) is 5.75 Å². The van der Waals surface area contributed by atoms with Gasteiger partial charge in [-0.15, -0.1) is 0 Å². The number of methoxy groups -OCH3 is 1. The average molecular weight is 422 g/mol. The molecule has 0 aliphatic carbocycles. The number of anilines is 1. The predicted molar refractivity (Wildman–Crippen MR) is 113 cm³/mol. The molecular weight excluding hydrogens is 400 g/mol. The molecule has 0 radical (unpaired) electrons. The molecule has 2 aromatic carbocycles. The fourth-order valence-corrected chi connectivity index (χ4v) is 3.41. The molecule has 0 bridgehead atoms. The number of carboxylic acid groups (broad SMARTS) is 1. The third kappa shape index (κ3) is 5.16. The lowest BCUT2D eigenvalue weighted by Crippen LogP contribution is -2.45. The van der Waals surface area contributed by atoms with Gasteiger partial charge in [0.25, 0.3) is 5.91 Å². The highest BCUT2D eigenvalue weighted by atomic mass is 16.5. The van der Waals surface area contributed by atoms with E-state index >= 15 is 0 Å². The standard InChI is InChI=1S/C23H22N2O6/c1-31-18-9-7-16(8-10-18)13-14-24(20(26)11-12-22(28)29)19-15-21(27)25(23(19)30)17-5-3-2-4-6-17/h2-12,19H,13-15H2,1H3,(H,28,29)/b12-11-. The minimum atomic E-state index is -1.27. The van der Waals surface area contributed by atoms with Gasteiger partial charge in [-0.3, -0.25) is 14.4 Å². The summed E-state index contributed by atoms with van der Waals surface area (Å²) in [5.41, 5.74) is 1.33. The summed E-state index contributed by atoms with van der Waals surface area (Å²) in [6.07, 6.45) is 1.88. The smallest absolute Gasteiger partial charge is 0.328 e. The Morgan fingerprint density at radius 2 is 1.77 bits per heavy atom. The fourth-order valence-electron chi connectivity index (χ4n) is 3.41. The van der Waals surface area contributed by atoms with E-state index in [1.54, 1.807) is 49.6 Å². The fraction of sp³-hybridized carbons (Fsp3) is 0.217. The van der Waals surface area contributed by atoms with Crippen molar-refractivity contribution in [3.05, 3.63) is 72.3 Å². The van der Waals surface area contributed by atoms with E-state index in [1.165, 1.54) is 4.90 Å². The Bertz CT molecular complexity index is 1000. The number of ether oxygens (including phenoxy) is 1. The number of rotatable bonds is 8. The number of hydrogen-bond acceptors (Lipinski definition) is 5. The first-order valence-electron chi connectivity index (χ1n) is 9.67. The van der Waals surface area contributed by atoms with Crippen molar-refractivity contribution in [2.75, 3.05) is 18.6 Å². The maximum Gasteiger partial charge on any atom is 0.328 e. The summed E-state index contributed by atoms with van der Waals surface area (Å²) in [6.45, 7) is 0.140. The summed E-state index contributed by atoms with van der Waals surface area (Å²) in [6, 6.07) is 14.7. The van der Waals surface area contributed by atoms with Gasteiger partial charge in [-0.1, -0.05) is 30.3 Å². The first-order valence-corrected chi connectivity index (χ1v) is 9.67. The molecule has 1 atom stereocenters. The van der Waals surface area contributed by atoms with E-state index in [0.29, 0.717) is 17.9 Å². The highest BCUT2D eigenvalue weighted by Gasteiger charge is 2.43. The van der Waals surface area contributed by atoms with E-state index in [4.69, 9.17) is 9.84 Å². The molecule has 1 heterocycles. The van der Waals surface area contributed by atoms with Crippen molar-refractivity contribution in [2.24, 2.45) is 0 Å². The van der Waals surface area contributed by atoms with E-state index in [-0.39, 0.29) is 13.0 Å². The van der Waals surface area contributed by atoms with E-state index in [0.717, 1.165) is 22.6 Å². The third-order valence-corrected chi connectivity index (χ3v) is 4.97. The second kappa shape index (κ2) is 9.71. The molecular formula is C23H22N2O6. The second-order valence-electron chi connectivity index (χ2n) is 6.92. The number of amides is 3. The lowest BCUT2D eigenvalue weighted by molar-refractivity contribution is -0.135. The minimum absolute atomic E-state index is 0.140. The van der Waals surface area contributed by atoms with Gasteiger partial charge in [0.2, 0.25) is 11.8 Å². The molecule has 1 fully saturated rings. The number of carbonyl (C=O) groups is 4. The molecule has 1 unspecified atom stereocenters. The van der Waals surface area contributed by atoms with Gasteiger partial charge >= 0.3 is 5.97 Å². The average Bonchev–Trinajstić information content (AvgIpc) is 3.07. The van der Waals surface area contributed by atoms with E-state index in [1.807, 2.05) is 12.1 Å². The van der Waals surface area contributed by atoms with Crippen molar-refractivity contribution in [2.45, 2.75) is 18.9 Å². The second-order valence-corrected chi connectivity index (χ2v) is 6.92. The number of carboxylic acids is 1. The van der Waals surface area contributed by atoms with Gasteiger partial charge in [-0.05, 0) is 36.2 Å². The number of para-hydroxylation sites is 1. The molecule has 0 saturated carbocycles. The van der Waals surface area contributed by atoms with Crippen LogP contribution in [-0.2, 0) is 25.6 Å². The maximum atomic E-state index is 13.0. The van der Waals surface area contributed by atoms with E-state index in [2.05, 4.69) is 0 Å². The number of aliphatic carboxylic acids is 1. The molecule has 1 saturated heterocycles. The Hall–Kier alpha value is -3.94. The number of imide groups is 1. The molecule has 8 heteroatoms. The van der Waals surface area contributed by atoms with Crippen LogP contribution in [0.4, 0.5) is 5.69 Å². The van der Waals surface area contributed by atoms with Gasteiger partial charge in [-0.2, -0.15) is 0 Å². The van der Waals surface area contributed by atoms with Gasteiger partial charge in [0, 0.05) is 18.7 Å². The lowest BCUT2D eigenvalue weighted by atomic mass is 10.1. The zero-order chi connectivity index (χ0) is 22.4. The topological polar surface area (TPSA) is 104 Å². The number of hydrogen-bond donors (Lipinski definition) is 1. The summed E-state index contributed by atoms with van der Waals surface area (Å²) in [5, 5.41) is 8.85. The van der Waals surface area contributed by atoms with Crippen LogP contribution in [0.2, 0.25) is 0 Å². The Morgan fingerprint density at radius 3 is 2.39 bits per heavy atom. The summed E-state index contributed by atoms with van der Waals surface area (Å²) in [7, 11) is 1.56. The number of carbonyl (C=O) groups excluding carboxylic acids is 3. The van der Waals surface area contributed by atoms with Crippen molar-refractivity contribution in [1.29, 1.82) is 0 Å². The van der Waals surface area contributed by atoms with Gasteiger partial charge in [-0.25, -0.2) is 9.69 Å². The maximum absolute atomic E-state index is 13.0. The molecule has 3 rings (SSSR count). The molecule has 31 heavy (non-hydrogen) atoms. The minimum Gasteiger partial charge on any atom is -0.497 e. The molecule has 160 valence electrons. The molecule has 0 spiro atoms. The van der Waals surface area contributed by atoms with Gasteiger partial charge in [0.15, 0.2) is 0 Å². The largest absolute Gasteiger partial charge is 0.497 e. The van der Waals surface area contributed by atoms with Crippen LogP contribution in [0, 0.1) is 0 Å². The van der Waals surface area contributed by atoms with Crippen LogP contribution in [-0.4, -0.2) is 53.4 Å². The van der Waals surface area contributed by atoms with Crippen LogP contribution in [0.1, 0.15) is 12.0 Å². The Kier molecular flexibility index (Phi) is 6.81. The number of nitrogens with zero attached hydrogens (tertiary/aromatic N) is 2. The molecule has 2 aromatic rings. The van der Waals surface area contributed by atoms with Crippen LogP contribution >= 0.6 is 0 Å². The summed E-state index contributed by atoms with van der Waals surface area (Å²) in [4.78, 5) is 51.5. The van der Waals surface area contributed by atoms with Crippen molar-refractivity contribution in [1.82, 2.24) is 4.90 Å². The molecule has 1 N–H and O–H groups in total. The predicted octanol–water partition coefficient (Wildman–Crippen LogP) is 2.04. The Morgan fingerprint density at radius 1 is 1.10 bits per heavy atom. The highest BCUT2D eigenvalue weighted by molar-refractivity contribution is 6.23. The van der Waals surface area contributed by atoms with Crippen LogP contribution in [0.3, 0.4) is 0 Å². The SMILES string of the molecule is COc1ccc(CCN(C(=O)/C=C\C(=O)O)C2CC(=O)N(c3ccccc3)C2=O)cc1. The van der Waals surface area contributed by atoms with Crippen molar-refractivity contribution < 1.29 is 29.0 Å². The van der Waals surface area contributed by atoms with E-state index < -0.39 is 29.7 Å². The zero-order valence-corrected chi connectivity index (χ0v) is 16.9. The van der Waals surface area contributed by atoms with Crippen LogP contribution in [0.25, 0.3) is 0 Å². The van der Waals surface area contributed by atoms with Crippen molar-refractivity contribution in [3.63, 3.8) is 0 Å². The highest BCUT2D eigenvalue weighted by Crippen LogP contribution is 2.26. The number of benzene rings is 2.